The quantitative estimate of drug-likeness (QED) is 0.804. The van der Waals surface area contributed by atoms with Gasteiger partial charge in [0, 0.05) is 6.61 Å². The summed E-state index contributed by atoms with van der Waals surface area (Å²) in [6.45, 7) is 3.95. The molecule has 0 aliphatic rings. The summed E-state index contributed by atoms with van der Waals surface area (Å²) in [4.78, 5) is 10.9. The summed E-state index contributed by atoms with van der Waals surface area (Å²) in [5, 5.41) is 8.92. The molecular formula is C13H18O5. The maximum absolute atomic E-state index is 10.9. The Kier molecular flexibility index (Phi) is 5.45. The molecule has 1 aromatic carbocycles. The minimum absolute atomic E-state index is 0.0530. The lowest BCUT2D eigenvalue weighted by atomic mass is 10.2. The van der Waals surface area contributed by atoms with Crippen molar-refractivity contribution in [3.05, 3.63) is 23.8 Å². The summed E-state index contributed by atoms with van der Waals surface area (Å²) >= 11 is 0. The van der Waals surface area contributed by atoms with E-state index in [0.717, 1.165) is 5.56 Å². The van der Waals surface area contributed by atoms with Gasteiger partial charge >= 0.3 is 5.97 Å². The summed E-state index contributed by atoms with van der Waals surface area (Å²) in [7, 11) is 1.54. The van der Waals surface area contributed by atoms with Gasteiger partial charge in [-0.2, -0.15) is 0 Å². The number of carbonyl (C=O) groups is 1. The molecule has 0 heterocycles. The van der Waals surface area contributed by atoms with Gasteiger partial charge in [-0.1, -0.05) is 6.07 Å². The number of aliphatic carboxylic acids is 1. The van der Waals surface area contributed by atoms with Crippen LogP contribution < -0.4 is 9.47 Å². The number of aryl methyl sites for hydroxylation is 1. The zero-order chi connectivity index (χ0) is 13.5. The highest BCUT2D eigenvalue weighted by molar-refractivity contribution is 5.72. The van der Waals surface area contributed by atoms with E-state index in [1.807, 2.05) is 19.1 Å². The van der Waals surface area contributed by atoms with Crippen LogP contribution in [-0.2, 0) is 9.53 Å². The van der Waals surface area contributed by atoms with Gasteiger partial charge in [-0.05, 0) is 31.5 Å². The molecule has 0 aliphatic heterocycles. The molecule has 1 N–H and O–H groups in total. The third-order valence-corrected chi connectivity index (χ3v) is 2.35. The fraction of sp³-hybridized carbons (Fsp3) is 0.462. The van der Waals surface area contributed by atoms with Crippen LogP contribution in [0.15, 0.2) is 18.2 Å². The van der Waals surface area contributed by atoms with Gasteiger partial charge in [0.05, 0.1) is 7.11 Å². The van der Waals surface area contributed by atoms with Crippen LogP contribution in [0.5, 0.6) is 11.5 Å². The van der Waals surface area contributed by atoms with Crippen LogP contribution in [0.1, 0.15) is 12.5 Å². The van der Waals surface area contributed by atoms with Crippen molar-refractivity contribution < 1.29 is 24.1 Å². The average molecular weight is 254 g/mol. The molecule has 0 radical (unpaired) electrons. The maximum Gasteiger partial charge on any atom is 0.336 e. The SMILES string of the molecule is CCOC(COc1ccc(C)cc1OC)C(=O)O. The largest absolute Gasteiger partial charge is 0.493 e. The van der Waals surface area contributed by atoms with E-state index in [1.165, 1.54) is 0 Å². The maximum atomic E-state index is 10.9. The van der Waals surface area contributed by atoms with Gasteiger partial charge < -0.3 is 19.3 Å². The lowest BCUT2D eigenvalue weighted by Crippen LogP contribution is -2.30. The lowest BCUT2D eigenvalue weighted by molar-refractivity contribution is -0.152. The highest BCUT2D eigenvalue weighted by Crippen LogP contribution is 2.27. The first kappa shape index (κ1) is 14.3. The summed E-state index contributed by atoms with van der Waals surface area (Å²) < 4.78 is 15.7. The Hall–Kier alpha value is -1.75. The second kappa shape index (κ2) is 6.86. The molecule has 5 heteroatoms. The van der Waals surface area contributed by atoms with Crippen molar-refractivity contribution >= 4 is 5.97 Å². The van der Waals surface area contributed by atoms with E-state index in [1.54, 1.807) is 20.1 Å². The van der Waals surface area contributed by atoms with E-state index in [9.17, 15) is 4.79 Å². The molecule has 0 aliphatic carbocycles. The highest BCUT2D eigenvalue weighted by atomic mass is 16.6. The Balaban J connectivity index is 2.69. The Labute approximate surface area is 106 Å². The van der Waals surface area contributed by atoms with E-state index in [4.69, 9.17) is 19.3 Å². The Morgan fingerprint density at radius 3 is 2.67 bits per heavy atom. The molecule has 0 amide bonds. The Morgan fingerprint density at radius 1 is 1.39 bits per heavy atom. The molecule has 18 heavy (non-hydrogen) atoms. The summed E-state index contributed by atoms with van der Waals surface area (Å²) in [6, 6.07) is 5.44. The minimum Gasteiger partial charge on any atom is -0.493 e. The van der Waals surface area contributed by atoms with Gasteiger partial charge in [0.15, 0.2) is 17.6 Å². The zero-order valence-electron chi connectivity index (χ0n) is 10.8. The number of carboxylic acids is 1. The molecular weight excluding hydrogens is 236 g/mol. The minimum atomic E-state index is -1.04. The predicted octanol–water partition coefficient (Wildman–Crippen LogP) is 1.87. The monoisotopic (exact) mass is 254 g/mol. The number of benzene rings is 1. The molecule has 0 bridgehead atoms. The molecule has 1 atom stereocenters. The summed E-state index contributed by atoms with van der Waals surface area (Å²) in [6.07, 6.45) is -0.971. The molecule has 0 saturated heterocycles. The van der Waals surface area contributed by atoms with E-state index in [2.05, 4.69) is 0 Å². The smallest absolute Gasteiger partial charge is 0.336 e. The zero-order valence-corrected chi connectivity index (χ0v) is 10.8. The fourth-order valence-corrected chi connectivity index (χ4v) is 1.45. The molecule has 100 valence electrons. The molecule has 0 saturated carbocycles. The second-order valence-electron chi connectivity index (χ2n) is 3.75. The first-order valence-corrected chi connectivity index (χ1v) is 5.70. The summed E-state index contributed by atoms with van der Waals surface area (Å²) in [5.41, 5.74) is 1.04. The summed E-state index contributed by atoms with van der Waals surface area (Å²) in [5.74, 6) is 0.0487. The van der Waals surface area contributed by atoms with Crippen LogP contribution in [-0.4, -0.2) is 37.5 Å². The Morgan fingerprint density at radius 2 is 2.11 bits per heavy atom. The normalized spacial score (nSPS) is 11.9. The second-order valence-corrected chi connectivity index (χ2v) is 3.75. The van der Waals surface area contributed by atoms with Crippen LogP contribution in [0, 0.1) is 6.92 Å². The van der Waals surface area contributed by atoms with E-state index in [0.29, 0.717) is 18.1 Å². The van der Waals surface area contributed by atoms with Crippen molar-refractivity contribution in [2.75, 3.05) is 20.3 Å². The molecule has 0 fully saturated rings. The van der Waals surface area contributed by atoms with Crippen molar-refractivity contribution in [3.8, 4) is 11.5 Å². The number of ether oxygens (including phenoxy) is 3. The number of hydrogen-bond acceptors (Lipinski definition) is 4. The molecule has 5 nitrogen and oxygen atoms in total. The van der Waals surface area contributed by atoms with Crippen LogP contribution in [0.2, 0.25) is 0 Å². The molecule has 1 unspecified atom stereocenters. The highest BCUT2D eigenvalue weighted by Gasteiger charge is 2.19. The van der Waals surface area contributed by atoms with Crippen molar-refractivity contribution in [2.45, 2.75) is 20.0 Å². The third kappa shape index (κ3) is 3.92. The molecule has 0 spiro atoms. The molecule has 1 aromatic rings. The standard InChI is InChI=1S/C13H18O5/c1-4-17-12(13(14)15)8-18-10-6-5-9(2)7-11(10)16-3/h5-7,12H,4,8H2,1-3H3,(H,14,15). The van der Waals surface area contributed by atoms with Crippen LogP contribution >= 0.6 is 0 Å². The molecule has 0 aromatic heterocycles. The van der Waals surface area contributed by atoms with E-state index in [-0.39, 0.29) is 6.61 Å². The van der Waals surface area contributed by atoms with Crippen LogP contribution in [0.4, 0.5) is 0 Å². The van der Waals surface area contributed by atoms with Crippen molar-refractivity contribution in [3.63, 3.8) is 0 Å². The van der Waals surface area contributed by atoms with Crippen molar-refractivity contribution in [1.82, 2.24) is 0 Å². The van der Waals surface area contributed by atoms with Gasteiger partial charge in [0.2, 0.25) is 0 Å². The predicted molar refractivity (Wildman–Crippen MR) is 66.3 cm³/mol. The fourth-order valence-electron chi connectivity index (χ4n) is 1.45. The lowest BCUT2D eigenvalue weighted by Gasteiger charge is -2.15. The van der Waals surface area contributed by atoms with E-state index >= 15 is 0 Å². The van der Waals surface area contributed by atoms with Crippen molar-refractivity contribution in [1.29, 1.82) is 0 Å². The van der Waals surface area contributed by atoms with Crippen molar-refractivity contribution in [2.24, 2.45) is 0 Å². The van der Waals surface area contributed by atoms with Gasteiger partial charge in [0.1, 0.15) is 6.61 Å². The number of hydrogen-bond donors (Lipinski definition) is 1. The van der Waals surface area contributed by atoms with Gasteiger partial charge in [-0.25, -0.2) is 4.79 Å². The number of rotatable bonds is 7. The van der Waals surface area contributed by atoms with E-state index < -0.39 is 12.1 Å². The third-order valence-electron chi connectivity index (χ3n) is 2.35. The number of methoxy groups -OCH3 is 1. The first-order valence-electron chi connectivity index (χ1n) is 5.70. The first-order chi connectivity index (χ1) is 8.58. The topological polar surface area (TPSA) is 65.0 Å². The number of carboxylic acid groups (broad SMARTS) is 1. The van der Waals surface area contributed by atoms with Gasteiger partial charge in [-0.3, -0.25) is 0 Å². The van der Waals surface area contributed by atoms with Gasteiger partial charge in [0.25, 0.3) is 0 Å². The Bertz CT molecular complexity index is 402. The van der Waals surface area contributed by atoms with Crippen LogP contribution in [0.3, 0.4) is 0 Å². The average Bonchev–Trinajstić information content (AvgIpc) is 2.35. The van der Waals surface area contributed by atoms with Gasteiger partial charge in [-0.15, -0.1) is 0 Å². The van der Waals surface area contributed by atoms with Crippen LogP contribution in [0.25, 0.3) is 0 Å². The molecule has 1 rings (SSSR count).